The van der Waals surface area contributed by atoms with Crippen molar-refractivity contribution < 1.29 is 9.84 Å². The quantitative estimate of drug-likeness (QED) is 0.886. The minimum atomic E-state index is -0.336. The van der Waals surface area contributed by atoms with Crippen molar-refractivity contribution in [2.45, 2.75) is 32.3 Å². The maximum atomic E-state index is 9.81. The Bertz CT molecular complexity index is 375. The summed E-state index contributed by atoms with van der Waals surface area (Å²) in [5.74, 6) is 0.639. The standard InChI is InChI=1S/C16H25NO2/c1-3-16(18)14-6-8-15(9-7-14)17-10-4-5-13(11-17)12-19-2/h6-9,13,16,18H,3-5,10-12H2,1-2H3. The van der Waals surface area contributed by atoms with Crippen molar-refractivity contribution in [2.24, 2.45) is 5.92 Å². The SMILES string of the molecule is CCC(O)c1ccc(N2CCCC(COC)C2)cc1. The number of ether oxygens (including phenoxy) is 1. The van der Waals surface area contributed by atoms with Crippen molar-refractivity contribution in [1.29, 1.82) is 0 Å². The molecule has 0 aliphatic carbocycles. The van der Waals surface area contributed by atoms with Crippen molar-refractivity contribution in [3.8, 4) is 0 Å². The average molecular weight is 263 g/mol. The van der Waals surface area contributed by atoms with Crippen LogP contribution in [0.15, 0.2) is 24.3 Å². The Morgan fingerprint density at radius 1 is 1.37 bits per heavy atom. The van der Waals surface area contributed by atoms with Gasteiger partial charge in [0.1, 0.15) is 0 Å². The highest BCUT2D eigenvalue weighted by Crippen LogP contribution is 2.25. The van der Waals surface area contributed by atoms with Gasteiger partial charge in [0.15, 0.2) is 0 Å². The number of nitrogens with zero attached hydrogens (tertiary/aromatic N) is 1. The summed E-state index contributed by atoms with van der Waals surface area (Å²) < 4.78 is 5.27. The molecule has 1 saturated heterocycles. The van der Waals surface area contributed by atoms with Gasteiger partial charge >= 0.3 is 0 Å². The molecule has 19 heavy (non-hydrogen) atoms. The molecular formula is C16H25NO2. The number of hydrogen-bond donors (Lipinski definition) is 1. The van der Waals surface area contributed by atoms with E-state index in [1.54, 1.807) is 7.11 Å². The lowest BCUT2D eigenvalue weighted by Gasteiger charge is -2.34. The van der Waals surface area contributed by atoms with Crippen LogP contribution in [-0.2, 0) is 4.74 Å². The highest BCUT2D eigenvalue weighted by Gasteiger charge is 2.20. The Kier molecular flexibility index (Phi) is 5.23. The zero-order valence-corrected chi connectivity index (χ0v) is 12.0. The van der Waals surface area contributed by atoms with Crippen molar-refractivity contribution >= 4 is 5.69 Å². The molecule has 106 valence electrons. The molecule has 2 unspecified atom stereocenters. The Morgan fingerprint density at radius 3 is 2.74 bits per heavy atom. The van der Waals surface area contributed by atoms with E-state index >= 15 is 0 Å². The second kappa shape index (κ2) is 6.92. The number of anilines is 1. The van der Waals surface area contributed by atoms with Crippen LogP contribution in [0.4, 0.5) is 5.69 Å². The van der Waals surface area contributed by atoms with Crippen molar-refractivity contribution in [2.75, 3.05) is 31.7 Å². The molecule has 1 aliphatic rings. The predicted octanol–water partition coefficient (Wildman–Crippen LogP) is 2.99. The van der Waals surface area contributed by atoms with Gasteiger partial charge in [-0.15, -0.1) is 0 Å². The number of hydrogen-bond acceptors (Lipinski definition) is 3. The summed E-state index contributed by atoms with van der Waals surface area (Å²) in [6.07, 6.45) is 2.92. The summed E-state index contributed by atoms with van der Waals surface area (Å²) in [5.41, 5.74) is 2.27. The number of aliphatic hydroxyl groups is 1. The second-order valence-electron chi connectivity index (χ2n) is 5.43. The lowest BCUT2D eigenvalue weighted by Crippen LogP contribution is -2.37. The third kappa shape index (κ3) is 3.71. The van der Waals surface area contributed by atoms with Crippen molar-refractivity contribution in [3.05, 3.63) is 29.8 Å². The Balaban J connectivity index is 2.01. The van der Waals surface area contributed by atoms with Gasteiger partial charge in [0.25, 0.3) is 0 Å². The monoisotopic (exact) mass is 263 g/mol. The molecule has 1 heterocycles. The highest BCUT2D eigenvalue weighted by atomic mass is 16.5. The van der Waals surface area contributed by atoms with E-state index in [1.807, 2.05) is 19.1 Å². The van der Waals surface area contributed by atoms with Crippen LogP contribution >= 0.6 is 0 Å². The molecule has 1 aromatic rings. The van der Waals surface area contributed by atoms with E-state index in [0.29, 0.717) is 5.92 Å². The first-order valence-corrected chi connectivity index (χ1v) is 7.26. The third-order valence-electron chi connectivity index (χ3n) is 3.95. The third-order valence-corrected chi connectivity index (χ3v) is 3.95. The molecule has 0 bridgehead atoms. The molecule has 0 aromatic heterocycles. The van der Waals surface area contributed by atoms with E-state index < -0.39 is 0 Å². The molecule has 1 N–H and O–H groups in total. The van der Waals surface area contributed by atoms with Crippen molar-refractivity contribution in [1.82, 2.24) is 0 Å². The number of benzene rings is 1. The molecule has 1 aliphatic heterocycles. The Morgan fingerprint density at radius 2 is 2.11 bits per heavy atom. The van der Waals surface area contributed by atoms with E-state index in [2.05, 4.69) is 17.0 Å². The fourth-order valence-corrected chi connectivity index (χ4v) is 2.81. The Hall–Kier alpha value is -1.06. The largest absolute Gasteiger partial charge is 0.388 e. The molecule has 2 atom stereocenters. The van der Waals surface area contributed by atoms with Crippen LogP contribution in [0.3, 0.4) is 0 Å². The molecule has 1 fully saturated rings. The molecule has 0 amide bonds. The number of methoxy groups -OCH3 is 1. The van der Waals surface area contributed by atoms with Gasteiger partial charge in [0.05, 0.1) is 12.7 Å². The number of piperidine rings is 1. The predicted molar refractivity (Wildman–Crippen MR) is 78.5 cm³/mol. The molecule has 0 radical (unpaired) electrons. The van der Waals surface area contributed by atoms with E-state index in [4.69, 9.17) is 4.74 Å². The lowest BCUT2D eigenvalue weighted by atomic mass is 9.98. The Labute approximate surface area is 116 Å². The first-order chi connectivity index (χ1) is 9.24. The molecular weight excluding hydrogens is 238 g/mol. The maximum absolute atomic E-state index is 9.81. The topological polar surface area (TPSA) is 32.7 Å². The molecule has 2 rings (SSSR count). The summed E-state index contributed by atoms with van der Waals surface area (Å²) in [5, 5.41) is 9.81. The van der Waals surface area contributed by atoms with E-state index in [-0.39, 0.29) is 6.10 Å². The van der Waals surface area contributed by atoms with Gasteiger partial charge in [-0.2, -0.15) is 0 Å². The molecule has 3 heteroatoms. The van der Waals surface area contributed by atoms with Crippen LogP contribution < -0.4 is 4.90 Å². The average Bonchev–Trinajstić information content (AvgIpc) is 2.47. The summed E-state index contributed by atoms with van der Waals surface area (Å²) in [4.78, 5) is 2.43. The summed E-state index contributed by atoms with van der Waals surface area (Å²) >= 11 is 0. The van der Waals surface area contributed by atoms with Gasteiger partial charge in [-0.1, -0.05) is 19.1 Å². The van der Waals surface area contributed by atoms with Gasteiger partial charge in [0.2, 0.25) is 0 Å². The normalized spacial score (nSPS) is 21.4. The zero-order chi connectivity index (χ0) is 13.7. The molecule has 3 nitrogen and oxygen atoms in total. The van der Waals surface area contributed by atoms with Gasteiger partial charge in [0, 0.05) is 25.9 Å². The van der Waals surface area contributed by atoms with Gasteiger partial charge < -0.3 is 14.7 Å². The first-order valence-electron chi connectivity index (χ1n) is 7.26. The summed E-state index contributed by atoms with van der Waals surface area (Å²) in [6, 6.07) is 8.35. The summed E-state index contributed by atoms with van der Waals surface area (Å²) in [6.45, 7) is 5.04. The van der Waals surface area contributed by atoms with E-state index in [1.165, 1.54) is 18.5 Å². The lowest BCUT2D eigenvalue weighted by molar-refractivity contribution is 0.143. The smallest absolute Gasteiger partial charge is 0.0787 e. The van der Waals surface area contributed by atoms with Crippen LogP contribution in [0.1, 0.15) is 37.9 Å². The molecule has 0 spiro atoms. The first kappa shape index (κ1) is 14.4. The maximum Gasteiger partial charge on any atom is 0.0787 e. The van der Waals surface area contributed by atoms with Gasteiger partial charge in [-0.3, -0.25) is 0 Å². The zero-order valence-electron chi connectivity index (χ0n) is 12.0. The van der Waals surface area contributed by atoms with Crippen molar-refractivity contribution in [3.63, 3.8) is 0 Å². The number of rotatable bonds is 5. The fraction of sp³-hybridized carbons (Fsp3) is 0.625. The number of aliphatic hydroxyl groups excluding tert-OH is 1. The molecule has 0 saturated carbocycles. The fourth-order valence-electron chi connectivity index (χ4n) is 2.81. The van der Waals surface area contributed by atoms with Crippen LogP contribution in [-0.4, -0.2) is 31.9 Å². The minimum absolute atomic E-state index is 0.336. The second-order valence-corrected chi connectivity index (χ2v) is 5.43. The summed E-state index contributed by atoms with van der Waals surface area (Å²) in [7, 11) is 1.78. The van der Waals surface area contributed by atoms with E-state index in [9.17, 15) is 5.11 Å². The minimum Gasteiger partial charge on any atom is -0.388 e. The van der Waals surface area contributed by atoms with Crippen LogP contribution in [0, 0.1) is 5.92 Å². The van der Waals surface area contributed by atoms with Crippen LogP contribution in [0.5, 0.6) is 0 Å². The molecule has 1 aromatic carbocycles. The van der Waals surface area contributed by atoms with Gasteiger partial charge in [-0.25, -0.2) is 0 Å². The highest BCUT2D eigenvalue weighted by molar-refractivity contribution is 5.48. The van der Waals surface area contributed by atoms with Crippen LogP contribution in [0.2, 0.25) is 0 Å². The van der Waals surface area contributed by atoms with Gasteiger partial charge in [-0.05, 0) is 42.9 Å². The van der Waals surface area contributed by atoms with Crippen LogP contribution in [0.25, 0.3) is 0 Å². The van der Waals surface area contributed by atoms with E-state index in [0.717, 1.165) is 31.7 Å².